The number of aromatic nitrogens is 3. The minimum atomic E-state index is -0.626. The van der Waals surface area contributed by atoms with Gasteiger partial charge in [-0.25, -0.2) is 14.9 Å². The van der Waals surface area contributed by atoms with Gasteiger partial charge in [-0.15, -0.1) is 11.3 Å². The van der Waals surface area contributed by atoms with E-state index in [9.17, 15) is 9.59 Å². The van der Waals surface area contributed by atoms with Crippen molar-refractivity contribution in [3.8, 4) is 16.3 Å². The van der Waals surface area contributed by atoms with Gasteiger partial charge in [0.1, 0.15) is 17.4 Å². The molecule has 0 fully saturated rings. The van der Waals surface area contributed by atoms with E-state index in [4.69, 9.17) is 9.47 Å². The maximum absolute atomic E-state index is 12.5. The number of hydrogen-bond acceptors (Lipinski definition) is 7. The number of para-hydroxylation sites is 1. The van der Waals surface area contributed by atoms with Crippen molar-refractivity contribution in [3.63, 3.8) is 0 Å². The summed E-state index contributed by atoms with van der Waals surface area (Å²) >= 11 is 1.44. The molecule has 0 unspecified atom stereocenters. The van der Waals surface area contributed by atoms with Crippen LogP contribution in [0.25, 0.3) is 21.3 Å². The van der Waals surface area contributed by atoms with Gasteiger partial charge in [0.25, 0.3) is 5.56 Å². The van der Waals surface area contributed by atoms with Gasteiger partial charge >= 0.3 is 5.97 Å². The van der Waals surface area contributed by atoms with Gasteiger partial charge < -0.3 is 9.47 Å². The number of hydrogen-bond donors (Lipinski definition) is 1. The summed E-state index contributed by atoms with van der Waals surface area (Å²) in [6.07, 6.45) is 0. The van der Waals surface area contributed by atoms with Crippen molar-refractivity contribution in [1.82, 2.24) is 15.2 Å². The number of carbonyl (C=O) groups is 1. The van der Waals surface area contributed by atoms with Crippen LogP contribution in [0.15, 0.2) is 58.7 Å². The first-order chi connectivity index (χ1) is 13.7. The second-order valence-electron chi connectivity index (χ2n) is 5.87. The fourth-order valence-electron chi connectivity index (χ4n) is 2.80. The summed E-state index contributed by atoms with van der Waals surface area (Å²) in [4.78, 5) is 28.8. The summed E-state index contributed by atoms with van der Waals surface area (Å²) < 4.78 is 10.7. The van der Waals surface area contributed by atoms with E-state index in [-0.39, 0.29) is 17.9 Å². The lowest BCUT2D eigenvalue weighted by Crippen LogP contribution is -2.16. The lowest BCUT2D eigenvalue weighted by Gasteiger charge is -2.05. The molecule has 0 bridgehead atoms. The van der Waals surface area contributed by atoms with Crippen LogP contribution in [0, 0.1) is 0 Å². The molecule has 7 nitrogen and oxygen atoms in total. The molecule has 0 atom stereocenters. The third kappa shape index (κ3) is 3.37. The summed E-state index contributed by atoms with van der Waals surface area (Å²) in [6.45, 7) is -0.000381. The summed E-state index contributed by atoms with van der Waals surface area (Å²) in [6, 6.07) is 14.3. The quantitative estimate of drug-likeness (QED) is 0.522. The third-order valence-electron chi connectivity index (χ3n) is 4.13. The lowest BCUT2D eigenvalue weighted by atomic mass is 10.1. The lowest BCUT2D eigenvalue weighted by molar-refractivity contribution is 0.0462. The molecule has 4 aromatic rings. The molecule has 0 amide bonds. The van der Waals surface area contributed by atoms with Gasteiger partial charge in [0.05, 0.1) is 23.8 Å². The number of thiazole rings is 1. The highest BCUT2D eigenvalue weighted by Crippen LogP contribution is 2.32. The molecule has 28 heavy (non-hydrogen) atoms. The zero-order chi connectivity index (χ0) is 19.5. The zero-order valence-electron chi connectivity index (χ0n) is 14.8. The van der Waals surface area contributed by atoms with E-state index >= 15 is 0 Å². The second kappa shape index (κ2) is 7.61. The Labute approximate surface area is 163 Å². The minimum Gasteiger partial charge on any atom is -0.496 e. The van der Waals surface area contributed by atoms with E-state index in [1.54, 1.807) is 31.4 Å². The Bertz CT molecular complexity index is 1220. The number of rotatable bonds is 5. The molecule has 0 aliphatic rings. The van der Waals surface area contributed by atoms with Gasteiger partial charge in [0.2, 0.25) is 0 Å². The molecule has 1 N–H and O–H groups in total. The van der Waals surface area contributed by atoms with Crippen LogP contribution < -0.4 is 10.3 Å². The van der Waals surface area contributed by atoms with Gasteiger partial charge in [-0.3, -0.25) is 4.79 Å². The van der Waals surface area contributed by atoms with Crippen LogP contribution in [0.5, 0.6) is 5.75 Å². The summed E-state index contributed by atoms with van der Waals surface area (Å²) in [5, 5.41) is 9.61. The molecule has 140 valence electrons. The van der Waals surface area contributed by atoms with E-state index in [1.165, 1.54) is 11.3 Å². The molecule has 0 spiro atoms. The minimum absolute atomic E-state index is 0.000381. The molecule has 2 heterocycles. The number of benzene rings is 2. The van der Waals surface area contributed by atoms with Crippen LogP contribution in [-0.2, 0) is 11.3 Å². The van der Waals surface area contributed by atoms with E-state index in [0.29, 0.717) is 16.5 Å². The smallest absolute Gasteiger partial charge is 0.359 e. The van der Waals surface area contributed by atoms with E-state index < -0.39 is 5.97 Å². The van der Waals surface area contributed by atoms with Crippen molar-refractivity contribution in [1.29, 1.82) is 0 Å². The van der Waals surface area contributed by atoms with Crippen LogP contribution >= 0.6 is 11.3 Å². The molecule has 8 heteroatoms. The standard InChI is InChI=1S/C20H15N3O4S/c1-26-16-9-5-4-8-15(16)19-21-12(11-28-19)10-27-20(25)17-13-6-2-3-7-14(13)18(24)23-22-17/h2-9,11H,10H2,1H3,(H,23,24). The predicted octanol–water partition coefficient (Wildman–Crippen LogP) is 3.41. The Balaban J connectivity index is 1.53. The van der Waals surface area contributed by atoms with E-state index in [1.807, 2.05) is 29.6 Å². The molecular formula is C20H15N3O4S. The van der Waals surface area contributed by atoms with Gasteiger partial charge in [-0.2, -0.15) is 5.10 Å². The molecule has 0 saturated heterocycles. The third-order valence-corrected chi connectivity index (χ3v) is 5.05. The maximum atomic E-state index is 12.5. The predicted molar refractivity (Wildman–Crippen MR) is 106 cm³/mol. The Kier molecular flexibility index (Phi) is 4.86. The molecule has 2 aromatic heterocycles. The van der Waals surface area contributed by atoms with Crippen LogP contribution in [-0.4, -0.2) is 28.3 Å². The normalized spacial score (nSPS) is 10.8. The Morgan fingerprint density at radius 3 is 2.68 bits per heavy atom. The number of methoxy groups -OCH3 is 1. The first-order valence-electron chi connectivity index (χ1n) is 8.39. The average molecular weight is 393 g/mol. The molecular weight excluding hydrogens is 378 g/mol. The fraction of sp³-hybridized carbons (Fsp3) is 0.100. The summed E-state index contributed by atoms with van der Waals surface area (Å²) in [7, 11) is 1.61. The van der Waals surface area contributed by atoms with Gasteiger partial charge in [-0.05, 0) is 18.2 Å². The molecule has 0 aliphatic heterocycles. The highest BCUT2D eigenvalue weighted by molar-refractivity contribution is 7.13. The van der Waals surface area contributed by atoms with E-state index in [2.05, 4.69) is 15.2 Å². The van der Waals surface area contributed by atoms with Crippen LogP contribution in [0.1, 0.15) is 16.2 Å². The maximum Gasteiger partial charge on any atom is 0.359 e. The highest BCUT2D eigenvalue weighted by atomic mass is 32.1. The van der Waals surface area contributed by atoms with Crippen molar-refractivity contribution < 1.29 is 14.3 Å². The molecule has 4 rings (SSSR count). The van der Waals surface area contributed by atoms with Crippen LogP contribution in [0.3, 0.4) is 0 Å². The van der Waals surface area contributed by atoms with Crippen LogP contribution in [0.4, 0.5) is 0 Å². The summed E-state index contributed by atoms with van der Waals surface area (Å²) in [5.41, 5.74) is 1.21. The van der Waals surface area contributed by atoms with Crippen molar-refractivity contribution in [2.75, 3.05) is 7.11 Å². The van der Waals surface area contributed by atoms with Crippen molar-refractivity contribution in [2.24, 2.45) is 0 Å². The first-order valence-corrected chi connectivity index (χ1v) is 9.27. The number of nitrogens with one attached hydrogen (secondary N) is 1. The van der Waals surface area contributed by atoms with Crippen molar-refractivity contribution >= 4 is 28.1 Å². The second-order valence-corrected chi connectivity index (χ2v) is 6.73. The monoisotopic (exact) mass is 393 g/mol. The Morgan fingerprint density at radius 2 is 1.86 bits per heavy atom. The average Bonchev–Trinajstić information content (AvgIpc) is 3.21. The number of carbonyl (C=O) groups excluding carboxylic acids is 1. The largest absolute Gasteiger partial charge is 0.496 e. The number of aromatic amines is 1. The molecule has 0 saturated carbocycles. The molecule has 0 radical (unpaired) electrons. The fourth-order valence-corrected chi connectivity index (χ4v) is 3.63. The molecule has 0 aliphatic carbocycles. The zero-order valence-corrected chi connectivity index (χ0v) is 15.7. The number of nitrogens with zero attached hydrogens (tertiary/aromatic N) is 2. The highest BCUT2D eigenvalue weighted by Gasteiger charge is 2.16. The Morgan fingerprint density at radius 1 is 1.11 bits per heavy atom. The number of esters is 1. The van der Waals surface area contributed by atoms with E-state index in [0.717, 1.165) is 16.3 Å². The number of H-pyrrole nitrogens is 1. The van der Waals surface area contributed by atoms with Crippen molar-refractivity contribution in [2.45, 2.75) is 6.61 Å². The van der Waals surface area contributed by atoms with Gasteiger partial charge in [0.15, 0.2) is 5.69 Å². The van der Waals surface area contributed by atoms with Crippen molar-refractivity contribution in [3.05, 3.63) is 75.7 Å². The summed E-state index contributed by atoms with van der Waals surface area (Å²) in [5.74, 6) is 0.101. The SMILES string of the molecule is COc1ccccc1-c1nc(COC(=O)c2n[nH]c(=O)c3ccccc23)cs1. The first kappa shape index (κ1) is 17.9. The number of fused-ring (bicyclic) bond motifs is 1. The van der Waals surface area contributed by atoms with Gasteiger partial charge in [0, 0.05) is 10.8 Å². The topological polar surface area (TPSA) is 94.2 Å². The van der Waals surface area contributed by atoms with Gasteiger partial charge in [-0.1, -0.05) is 30.3 Å². The number of ether oxygens (including phenoxy) is 2. The Hall–Kier alpha value is -3.52. The van der Waals surface area contributed by atoms with Crippen LogP contribution in [0.2, 0.25) is 0 Å². The molecule has 2 aromatic carbocycles.